The Kier molecular flexibility index (Phi) is 2.46. The third kappa shape index (κ3) is 1.80. The fourth-order valence-electron chi connectivity index (χ4n) is 3.84. The summed E-state index contributed by atoms with van der Waals surface area (Å²) in [6.07, 6.45) is 7.53. The molecule has 4 aliphatic rings. The minimum atomic E-state index is -0.139. The van der Waals surface area contributed by atoms with Crippen LogP contribution in [0.2, 0.25) is 0 Å². The summed E-state index contributed by atoms with van der Waals surface area (Å²) < 4.78 is 7.89. The predicted molar refractivity (Wildman–Crippen MR) is 79.7 cm³/mol. The number of fused-ring (bicyclic) bond motifs is 3. The second-order valence-corrected chi connectivity index (χ2v) is 6.28. The summed E-state index contributed by atoms with van der Waals surface area (Å²) in [7, 11) is 0. The molecular weight excluding hydrogens is 282 g/mol. The number of aliphatic imine (C=N–C) groups is 1. The van der Waals surface area contributed by atoms with Crippen LogP contribution in [-0.4, -0.2) is 62.3 Å². The maximum Gasteiger partial charge on any atom is 0.292 e. The molecule has 3 fully saturated rings. The molecule has 0 saturated carbocycles. The van der Waals surface area contributed by atoms with Gasteiger partial charge in [-0.05, 0) is 25.9 Å². The van der Waals surface area contributed by atoms with Crippen LogP contribution in [0.4, 0.5) is 5.95 Å². The SMILES string of the molecule is c1cn2nc(NC3=NCC4(CN5CCC4CC5)O3)nc2cn1. The van der Waals surface area contributed by atoms with Gasteiger partial charge >= 0.3 is 0 Å². The second-order valence-electron chi connectivity index (χ2n) is 6.28. The third-order valence-corrected chi connectivity index (χ3v) is 4.97. The van der Waals surface area contributed by atoms with Crippen LogP contribution in [-0.2, 0) is 4.74 Å². The van der Waals surface area contributed by atoms with Crippen LogP contribution in [0, 0.1) is 5.92 Å². The van der Waals surface area contributed by atoms with Crippen LogP contribution >= 0.6 is 0 Å². The molecule has 1 unspecified atom stereocenters. The van der Waals surface area contributed by atoms with E-state index < -0.39 is 0 Å². The minimum Gasteiger partial charge on any atom is -0.455 e. The largest absolute Gasteiger partial charge is 0.455 e. The maximum atomic E-state index is 6.22. The summed E-state index contributed by atoms with van der Waals surface area (Å²) in [5, 5.41) is 7.44. The monoisotopic (exact) mass is 299 g/mol. The Morgan fingerprint density at radius 2 is 2.23 bits per heavy atom. The van der Waals surface area contributed by atoms with E-state index in [-0.39, 0.29) is 5.60 Å². The average molecular weight is 299 g/mol. The van der Waals surface area contributed by atoms with Crippen molar-refractivity contribution in [2.24, 2.45) is 10.9 Å². The highest BCUT2D eigenvalue weighted by atomic mass is 16.5. The zero-order valence-electron chi connectivity index (χ0n) is 12.1. The highest BCUT2D eigenvalue weighted by Crippen LogP contribution is 2.40. The van der Waals surface area contributed by atoms with Gasteiger partial charge in [0.05, 0.1) is 12.7 Å². The number of hydrogen-bond donors (Lipinski definition) is 1. The highest BCUT2D eigenvalue weighted by Gasteiger charge is 2.51. The Labute approximate surface area is 127 Å². The summed E-state index contributed by atoms with van der Waals surface area (Å²) in [4.78, 5) is 15.4. The molecule has 4 aliphatic heterocycles. The quantitative estimate of drug-likeness (QED) is 0.820. The van der Waals surface area contributed by atoms with Crippen molar-refractivity contribution in [2.45, 2.75) is 18.4 Å². The van der Waals surface area contributed by atoms with Gasteiger partial charge in [-0.2, -0.15) is 4.98 Å². The standard InChI is InChI=1S/C14H17N7O/c1-4-20-5-2-10(1)14(9-20)8-16-13(22-14)18-12-17-11-7-15-3-6-21(11)19-12/h3,6-7,10H,1-2,4-5,8-9H2,(H,16,18,19). The number of aromatic nitrogens is 4. The first-order chi connectivity index (χ1) is 10.8. The third-order valence-electron chi connectivity index (χ3n) is 4.97. The molecule has 2 aromatic heterocycles. The number of rotatable bonds is 1. The minimum absolute atomic E-state index is 0.139. The van der Waals surface area contributed by atoms with Crippen LogP contribution in [0.1, 0.15) is 12.8 Å². The number of amidine groups is 1. The van der Waals surface area contributed by atoms with Gasteiger partial charge in [0.25, 0.3) is 12.0 Å². The van der Waals surface area contributed by atoms with E-state index in [9.17, 15) is 0 Å². The van der Waals surface area contributed by atoms with Gasteiger partial charge in [-0.1, -0.05) is 0 Å². The lowest BCUT2D eigenvalue weighted by Crippen LogP contribution is -2.61. The summed E-state index contributed by atoms with van der Waals surface area (Å²) in [5.41, 5.74) is 0.556. The van der Waals surface area contributed by atoms with Gasteiger partial charge in [0, 0.05) is 24.9 Å². The Bertz CT molecular complexity index is 715. The van der Waals surface area contributed by atoms with Crippen LogP contribution in [0.3, 0.4) is 0 Å². The smallest absolute Gasteiger partial charge is 0.292 e. The van der Waals surface area contributed by atoms with Crippen molar-refractivity contribution in [1.29, 1.82) is 0 Å². The molecule has 0 amide bonds. The van der Waals surface area contributed by atoms with E-state index in [0.29, 0.717) is 23.5 Å². The first-order valence-electron chi connectivity index (χ1n) is 7.70. The fraction of sp³-hybridized carbons (Fsp3) is 0.571. The van der Waals surface area contributed by atoms with Crippen molar-refractivity contribution >= 4 is 17.6 Å². The normalized spacial score (nSPS) is 33.2. The van der Waals surface area contributed by atoms with Crippen molar-refractivity contribution in [3.8, 4) is 0 Å². The van der Waals surface area contributed by atoms with Gasteiger partial charge in [-0.15, -0.1) is 5.10 Å². The van der Waals surface area contributed by atoms with Crippen molar-refractivity contribution in [3.63, 3.8) is 0 Å². The van der Waals surface area contributed by atoms with E-state index in [1.807, 2.05) is 0 Å². The summed E-state index contributed by atoms with van der Waals surface area (Å²) in [6.45, 7) is 4.10. The average Bonchev–Trinajstić information content (AvgIpc) is 3.12. The molecule has 0 aromatic carbocycles. The molecule has 114 valence electrons. The number of hydrogen-bond acceptors (Lipinski definition) is 7. The van der Waals surface area contributed by atoms with Crippen LogP contribution in [0.15, 0.2) is 23.6 Å². The predicted octanol–water partition coefficient (Wildman–Crippen LogP) is 0.387. The topological polar surface area (TPSA) is 79.9 Å². The molecule has 0 radical (unpaired) electrons. The number of anilines is 1. The molecular formula is C14H17N7O. The molecule has 1 spiro atoms. The van der Waals surface area contributed by atoms with Gasteiger partial charge in [-0.25, -0.2) is 9.51 Å². The highest BCUT2D eigenvalue weighted by molar-refractivity contribution is 5.88. The molecule has 6 heterocycles. The molecule has 2 aromatic rings. The van der Waals surface area contributed by atoms with E-state index in [2.05, 4.69) is 30.3 Å². The zero-order valence-corrected chi connectivity index (χ0v) is 12.1. The molecule has 3 saturated heterocycles. The van der Waals surface area contributed by atoms with Crippen molar-refractivity contribution in [3.05, 3.63) is 18.6 Å². The van der Waals surface area contributed by atoms with E-state index >= 15 is 0 Å². The number of ether oxygens (including phenoxy) is 1. The Hall–Kier alpha value is -2.22. The van der Waals surface area contributed by atoms with Gasteiger partial charge in [0.2, 0.25) is 0 Å². The van der Waals surface area contributed by atoms with E-state index in [1.54, 1.807) is 23.1 Å². The molecule has 6 rings (SSSR count). The van der Waals surface area contributed by atoms with Crippen LogP contribution < -0.4 is 5.32 Å². The van der Waals surface area contributed by atoms with Crippen LogP contribution in [0.25, 0.3) is 5.65 Å². The van der Waals surface area contributed by atoms with Crippen molar-refractivity contribution < 1.29 is 4.74 Å². The number of nitrogens with zero attached hydrogens (tertiary/aromatic N) is 6. The lowest BCUT2D eigenvalue weighted by Gasteiger charge is -2.50. The fourth-order valence-corrected chi connectivity index (χ4v) is 3.84. The van der Waals surface area contributed by atoms with Crippen molar-refractivity contribution in [2.75, 3.05) is 31.5 Å². The van der Waals surface area contributed by atoms with Crippen molar-refractivity contribution in [1.82, 2.24) is 24.5 Å². The Balaban J connectivity index is 1.35. The second kappa shape index (κ2) is 4.39. The number of piperidine rings is 3. The Morgan fingerprint density at radius 3 is 3.00 bits per heavy atom. The lowest BCUT2D eigenvalue weighted by atomic mass is 9.75. The Morgan fingerprint density at radius 1 is 1.32 bits per heavy atom. The molecule has 8 heteroatoms. The first kappa shape index (κ1) is 12.3. The summed E-state index contributed by atoms with van der Waals surface area (Å²) in [6, 6.07) is 0.539. The number of nitrogens with one attached hydrogen (secondary N) is 1. The van der Waals surface area contributed by atoms with E-state index in [1.165, 1.54) is 25.9 Å². The van der Waals surface area contributed by atoms with Gasteiger partial charge in [-0.3, -0.25) is 15.2 Å². The maximum absolute atomic E-state index is 6.22. The van der Waals surface area contributed by atoms with E-state index in [4.69, 9.17) is 4.74 Å². The lowest BCUT2D eigenvalue weighted by molar-refractivity contribution is -0.0829. The molecule has 22 heavy (non-hydrogen) atoms. The zero-order chi connectivity index (χ0) is 14.6. The first-order valence-corrected chi connectivity index (χ1v) is 7.70. The molecule has 1 N–H and O–H groups in total. The van der Waals surface area contributed by atoms with E-state index in [0.717, 1.165) is 13.1 Å². The molecule has 2 bridgehead atoms. The summed E-state index contributed by atoms with van der Waals surface area (Å²) in [5.74, 6) is 1.10. The molecule has 0 aliphatic carbocycles. The molecule has 1 atom stereocenters. The summed E-state index contributed by atoms with van der Waals surface area (Å²) >= 11 is 0. The van der Waals surface area contributed by atoms with Gasteiger partial charge in [0.15, 0.2) is 5.65 Å². The molecule has 8 nitrogen and oxygen atoms in total. The van der Waals surface area contributed by atoms with Gasteiger partial charge in [0.1, 0.15) is 5.60 Å². The van der Waals surface area contributed by atoms with Crippen LogP contribution in [0.5, 0.6) is 0 Å². The van der Waals surface area contributed by atoms with Gasteiger partial charge < -0.3 is 4.74 Å².